The summed E-state index contributed by atoms with van der Waals surface area (Å²) >= 11 is 7.04. The highest BCUT2D eigenvalue weighted by Gasteiger charge is 2.19. The lowest BCUT2D eigenvalue weighted by Crippen LogP contribution is -2.19. The quantitative estimate of drug-likeness (QED) is 0.246. The Morgan fingerprint density at radius 2 is 1.51 bits per heavy atom. The molecule has 0 amide bonds. The van der Waals surface area contributed by atoms with Crippen LogP contribution in [0.4, 0.5) is 0 Å². The summed E-state index contributed by atoms with van der Waals surface area (Å²) in [4.78, 5) is 22.8. The van der Waals surface area contributed by atoms with E-state index >= 15 is 0 Å². The smallest absolute Gasteiger partial charge is 0.276 e. The molecule has 0 bridgehead atoms. The third kappa shape index (κ3) is 4.00. The maximum Gasteiger partial charge on any atom is 0.276 e. The highest BCUT2D eigenvalue weighted by molar-refractivity contribution is 7.71. The predicted octanol–water partition coefficient (Wildman–Crippen LogP) is 7.01. The van der Waals surface area contributed by atoms with Crippen molar-refractivity contribution >= 4 is 44.0 Å². The van der Waals surface area contributed by atoms with Crippen molar-refractivity contribution in [2.24, 2.45) is 0 Å². The van der Waals surface area contributed by atoms with Crippen molar-refractivity contribution in [1.29, 1.82) is 0 Å². The summed E-state index contributed by atoms with van der Waals surface area (Å²) in [7, 11) is 3.25. The van der Waals surface area contributed by atoms with Crippen LogP contribution in [0.15, 0.2) is 89.7 Å². The van der Waals surface area contributed by atoms with Crippen molar-refractivity contribution in [3.8, 4) is 39.6 Å². The molecule has 182 valence electrons. The van der Waals surface area contributed by atoms with Gasteiger partial charge in [0.05, 0.1) is 31.1 Å². The molecule has 8 heteroatoms. The lowest BCUT2D eigenvalue weighted by molar-refractivity contribution is 0.414. The molecule has 6 nitrogen and oxygen atoms in total. The number of ether oxygens (including phenoxy) is 2. The van der Waals surface area contributed by atoms with Crippen LogP contribution in [-0.2, 0) is 0 Å². The van der Waals surface area contributed by atoms with Crippen LogP contribution in [0, 0.1) is 4.77 Å². The number of pyridine rings is 1. The molecule has 0 radical (unpaired) electrons. The highest BCUT2D eigenvalue weighted by atomic mass is 32.1. The number of aromatic amines is 1. The largest absolute Gasteiger partial charge is 0.497 e. The zero-order chi connectivity index (χ0) is 25.5. The molecule has 3 heterocycles. The van der Waals surface area contributed by atoms with E-state index in [0.717, 1.165) is 38.4 Å². The van der Waals surface area contributed by atoms with Gasteiger partial charge in [-0.05, 0) is 77.9 Å². The van der Waals surface area contributed by atoms with Gasteiger partial charge in [0.15, 0.2) is 4.77 Å². The number of nitrogens with one attached hydrogen (secondary N) is 1. The van der Waals surface area contributed by atoms with Gasteiger partial charge in [0.2, 0.25) is 0 Å². The Bertz CT molecular complexity index is 1870. The first-order chi connectivity index (χ1) is 18.1. The van der Waals surface area contributed by atoms with Crippen LogP contribution in [-0.4, -0.2) is 28.8 Å². The van der Waals surface area contributed by atoms with Crippen LogP contribution in [0.3, 0.4) is 0 Å². The maximum absolute atomic E-state index is 13.8. The molecule has 37 heavy (non-hydrogen) atoms. The zero-order valence-corrected chi connectivity index (χ0v) is 21.7. The van der Waals surface area contributed by atoms with E-state index in [2.05, 4.69) is 23.2 Å². The summed E-state index contributed by atoms with van der Waals surface area (Å²) in [5.41, 5.74) is 4.97. The second-order valence-electron chi connectivity index (χ2n) is 8.40. The zero-order valence-electron chi connectivity index (χ0n) is 20.0. The van der Waals surface area contributed by atoms with Crippen LogP contribution < -0.4 is 15.0 Å². The topological polar surface area (TPSA) is 69.1 Å². The lowest BCUT2D eigenvalue weighted by atomic mass is 10.00. The average Bonchev–Trinajstić information content (AvgIpc) is 3.32. The number of nitrogens with zero attached hydrogens (tertiary/aromatic N) is 2. The minimum atomic E-state index is -0.183. The van der Waals surface area contributed by atoms with Gasteiger partial charge in [-0.3, -0.25) is 9.36 Å². The number of H-pyrrole nitrogens is 1. The Kier molecular flexibility index (Phi) is 5.82. The number of rotatable bonds is 5. The third-order valence-electron chi connectivity index (χ3n) is 6.30. The van der Waals surface area contributed by atoms with Gasteiger partial charge in [-0.1, -0.05) is 30.3 Å². The van der Waals surface area contributed by atoms with Crippen LogP contribution in [0.1, 0.15) is 0 Å². The molecule has 6 rings (SSSR count). The Balaban J connectivity index is 1.64. The summed E-state index contributed by atoms with van der Waals surface area (Å²) in [6, 6.07) is 27.2. The first kappa shape index (κ1) is 23.1. The fourth-order valence-corrected chi connectivity index (χ4v) is 5.82. The molecule has 0 atom stereocenters. The van der Waals surface area contributed by atoms with Gasteiger partial charge in [0.25, 0.3) is 5.56 Å². The standard InChI is InChI=1S/C29H21N3O3S2/c1-34-20-12-8-18(9-13-20)23-16-22(17-6-4-3-5-7-17)24-25-26(37-27(24)30-23)28(33)32(29(36)31-25)19-10-14-21(35-2)15-11-19/h3-16H,1-2H3,(H,31,36). The Morgan fingerprint density at radius 3 is 2.16 bits per heavy atom. The lowest BCUT2D eigenvalue weighted by Gasteiger charge is -2.10. The second-order valence-corrected chi connectivity index (χ2v) is 9.79. The molecule has 3 aromatic heterocycles. The second kappa shape index (κ2) is 9.31. The number of methoxy groups -OCH3 is 2. The van der Waals surface area contributed by atoms with E-state index in [9.17, 15) is 4.79 Å². The monoisotopic (exact) mass is 523 g/mol. The minimum absolute atomic E-state index is 0.183. The number of benzene rings is 3. The van der Waals surface area contributed by atoms with Gasteiger partial charge in [0.1, 0.15) is 21.0 Å². The molecule has 1 N–H and O–H groups in total. The molecule has 0 saturated heterocycles. The number of aromatic nitrogens is 3. The highest BCUT2D eigenvalue weighted by Crippen LogP contribution is 2.39. The average molecular weight is 524 g/mol. The van der Waals surface area contributed by atoms with Gasteiger partial charge >= 0.3 is 0 Å². The fraction of sp³-hybridized carbons (Fsp3) is 0.0690. The van der Waals surface area contributed by atoms with Gasteiger partial charge in [0, 0.05) is 10.9 Å². The van der Waals surface area contributed by atoms with E-state index in [-0.39, 0.29) is 5.56 Å². The molecule has 6 aromatic rings. The summed E-state index contributed by atoms with van der Waals surface area (Å²) in [5, 5.41) is 0.883. The molecule has 0 fully saturated rings. The minimum Gasteiger partial charge on any atom is -0.497 e. The summed E-state index contributed by atoms with van der Waals surface area (Å²) < 4.78 is 13.0. The van der Waals surface area contributed by atoms with Crippen LogP contribution in [0.25, 0.3) is 48.5 Å². The van der Waals surface area contributed by atoms with Gasteiger partial charge in [-0.2, -0.15) is 0 Å². The number of fused-ring (bicyclic) bond motifs is 3. The number of hydrogen-bond acceptors (Lipinski definition) is 6. The molecule has 0 unspecified atom stereocenters. The molecule has 3 aromatic carbocycles. The number of hydrogen-bond donors (Lipinski definition) is 1. The maximum atomic E-state index is 13.8. The van der Waals surface area contributed by atoms with Crippen LogP contribution >= 0.6 is 23.6 Å². The van der Waals surface area contributed by atoms with Crippen LogP contribution in [0.2, 0.25) is 0 Å². The Labute approximate surface area is 221 Å². The van der Waals surface area contributed by atoms with Crippen molar-refractivity contribution in [1.82, 2.24) is 14.5 Å². The normalized spacial score (nSPS) is 11.2. The van der Waals surface area contributed by atoms with Crippen molar-refractivity contribution in [3.05, 3.63) is 100 Å². The van der Waals surface area contributed by atoms with E-state index in [4.69, 9.17) is 26.7 Å². The summed E-state index contributed by atoms with van der Waals surface area (Å²) in [5.74, 6) is 1.49. The van der Waals surface area contributed by atoms with Gasteiger partial charge in [-0.15, -0.1) is 11.3 Å². The molecular weight excluding hydrogens is 502 g/mol. The van der Waals surface area contributed by atoms with Crippen molar-refractivity contribution in [3.63, 3.8) is 0 Å². The summed E-state index contributed by atoms with van der Waals surface area (Å²) in [6.07, 6.45) is 0. The predicted molar refractivity (Wildman–Crippen MR) is 152 cm³/mol. The fourth-order valence-electron chi connectivity index (χ4n) is 4.45. The Hall–Kier alpha value is -4.27. The van der Waals surface area contributed by atoms with Gasteiger partial charge in [-0.25, -0.2) is 4.98 Å². The van der Waals surface area contributed by atoms with Crippen molar-refractivity contribution < 1.29 is 9.47 Å². The molecule has 0 aliphatic rings. The number of thiophene rings is 1. The molecule has 0 aliphatic heterocycles. The van der Waals surface area contributed by atoms with Crippen molar-refractivity contribution in [2.75, 3.05) is 14.2 Å². The van der Waals surface area contributed by atoms with E-state index < -0.39 is 0 Å². The van der Waals surface area contributed by atoms with Crippen LogP contribution in [0.5, 0.6) is 11.5 Å². The third-order valence-corrected chi connectivity index (χ3v) is 7.65. The van der Waals surface area contributed by atoms with E-state index in [0.29, 0.717) is 26.4 Å². The van der Waals surface area contributed by atoms with Crippen molar-refractivity contribution in [2.45, 2.75) is 0 Å². The van der Waals surface area contributed by atoms with E-state index in [1.54, 1.807) is 14.2 Å². The Morgan fingerprint density at radius 1 is 0.865 bits per heavy atom. The molecule has 0 saturated carbocycles. The van der Waals surface area contributed by atoms with E-state index in [1.165, 1.54) is 15.9 Å². The first-order valence-electron chi connectivity index (χ1n) is 11.5. The summed E-state index contributed by atoms with van der Waals surface area (Å²) in [6.45, 7) is 0. The van der Waals surface area contributed by atoms with Gasteiger partial charge < -0.3 is 14.5 Å². The molecule has 0 spiro atoms. The van der Waals surface area contributed by atoms with E-state index in [1.807, 2.05) is 66.7 Å². The molecule has 0 aliphatic carbocycles. The SMILES string of the molecule is COc1ccc(-c2cc(-c3ccccc3)c3c(n2)sc2c(=O)n(-c4ccc(OC)cc4)c(=S)[nH]c23)cc1. The first-order valence-corrected chi connectivity index (χ1v) is 12.8. The molecular formula is C29H21N3O3S2.